The molecule has 0 saturated heterocycles. The van der Waals surface area contributed by atoms with Gasteiger partial charge < -0.3 is 4.98 Å². The minimum atomic E-state index is -0.198. The smallest absolute Gasteiger partial charge is 0.303 e. The fourth-order valence-corrected chi connectivity index (χ4v) is 4.24. The molecule has 166 valence electrons. The molecule has 0 saturated carbocycles. The molecular weight excluding hydrogens is 412 g/mol. The average molecular weight is 439 g/mol. The lowest BCUT2D eigenvalue weighted by atomic mass is 9.97. The Morgan fingerprint density at radius 1 is 1.03 bits per heavy atom. The van der Waals surface area contributed by atoms with E-state index in [9.17, 15) is 4.79 Å². The Morgan fingerprint density at radius 2 is 1.79 bits per heavy atom. The lowest BCUT2D eigenvalue weighted by Gasteiger charge is -2.11. The Kier molecular flexibility index (Phi) is 5.17. The number of aryl methyl sites for hydroxylation is 2. The summed E-state index contributed by atoms with van der Waals surface area (Å²) in [4.78, 5) is 24.9. The highest BCUT2D eigenvalue weighted by atomic mass is 16.1. The van der Waals surface area contributed by atoms with Crippen molar-refractivity contribution in [1.82, 2.24) is 29.3 Å². The fourth-order valence-electron chi connectivity index (χ4n) is 4.24. The van der Waals surface area contributed by atoms with E-state index in [-0.39, 0.29) is 5.69 Å². The molecule has 3 heterocycles. The maximum absolute atomic E-state index is 12.7. The summed E-state index contributed by atoms with van der Waals surface area (Å²) in [5.41, 5.74) is 7.27. The van der Waals surface area contributed by atoms with Gasteiger partial charge in [-0.1, -0.05) is 50.2 Å². The maximum Gasteiger partial charge on any atom is 0.328 e. The minimum Gasteiger partial charge on any atom is -0.303 e. The molecule has 7 heteroatoms. The Balaban J connectivity index is 1.51. The van der Waals surface area contributed by atoms with Crippen LogP contribution in [-0.4, -0.2) is 29.3 Å². The van der Waals surface area contributed by atoms with Crippen molar-refractivity contribution in [3.8, 4) is 17.1 Å². The van der Waals surface area contributed by atoms with Crippen molar-refractivity contribution in [2.75, 3.05) is 0 Å². The van der Waals surface area contributed by atoms with Gasteiger partial charge in [-0.3, -0.25) is 4.57 Å². The topological polar surface area (TPSA) is 81.4 Å². The van der Waals surface area contributed by atoms with Gasteiger partial charge in [-0.2, -0.15) is 5.10 Å². The number of nitrogens with one attached hydrogen (secondary N) is 1. The predicted octanol–water partition coefficient (Wildman–Crippen LogP) is 4.76. The van der Waals surface area contributed by atoms with Gasteiger partial charge in [0.25, 0.3) is 0 Å². The predicted molar refractivity (Wildman–Crippen MR) is 130 cm³/mol. The molecule has 3 aromatic heterocycles. The van der Waals surface area contributed by atoms with Gasteiger partial charge in [0.2, 0.25) is 0 Å². The van der Waals surface area contributed by atoms with Crippen LogP contribution in [0.1, 0.15) is 42.3 Å². The van der Waals surface area contributed by atoms with Gasteiger partial charge in [-0.05, 0) is 49.1 Å². The summed E-state index contributed by atoms with van der Waals surface area (Å²) in [6.07, 6.45) is 1.69. The van der Waals surface area contributed by atoms with Gasteiger partial charge >= 0.3 is 5.69 Å². The molecule has 0 amide bonds. The molecule has 5 aromatic rings. The molecule has 0 fully saturated rings. The molecule has 0 spiro atoms. The SMILES string of the molecule is Cc1cc(C)n(-c2ccc(Cn3c(=O)[nH]c4cnc(-c5ccccc5C(C)C)nc43)cc2)n1. The second-order valence-electron chi connectivity index (χ2n) is 8.69. The first-order valence-corrected chi connectivity index (χ1v) is 11.1. The van der Waals surface area contributed by atoms with E-state index in [1.807, 2.05) is 67.1 Å². The quantitative estimate of drug-likeness (QED) is 0.429. The molecule has 5 rings (SSSR count). The lowest BCUT2D eigenvalue weighted by Crippen LogP contribution is -2.17. The highest BCUT2D eigenvalue weighted by molar-refractivity contribution is 5.73. The second kappa shape index (κ2) is 8.16. The van der Waals surface area contributed by atoms with Crippen LogP contribution < -0.4 is 5.69 Å². The standard InChI is InChI=1S/C26H26N6O/c1-16(2)21-7-5-6-8-22(21)24-27-14-23-25(29-24)31(26(33)28-23)15-19-9-11-20(12-10-19)32-18(4)13-17(3)30-32/h5-14,16H,15H2,1-4H3,(H,28,33). The van der Waals surface area contributed by atoms with Gasteiger partial charge in [0.05, 0.1) is 24.1 Å². The van der Waals surface area contributed by atoms with Crippen LogP contribution in [0.3, 0.4) is 0 Å². The first kappa shape index (κ1) is 20.9. The van der Waals surface area contributed by atoms with Gasteiger partial charge in [0.1, 0.15) is 5.52 Å². The van der Waals surface area contributed by atoms with Gasteiger partial charge in [-0.15, -0.1) is 0 Å². The van der Waals surface area contributed by atoms with Crippen LogP contribution in [0, 0.1) is 13.8 Å². The van der Waals surface area contributed by atoms with Gasteiger partial charge in [0.15, 0.2) is 11.5 Å². The summed E-state index contributed by atoms with van der Waals surface area (Å²) >= 11 is 0. The number of fused-ring (bicyclic) bond motifs is 1. The Hall–Kier alpha value is -4.00. The highest BCUT2D eigenvalue weighted by Crippen LogP contribution is 2.27. The van der Waals surface area contributed by atoms with Crippen molar-refractivity contribution in [2.24, 2.45) is 0 Å². The monoisotopic (exact) mass is 438 g/mol. The molecule has 0 atom stereocenters. The van der Waals surface area contributed by atoms with Crippen molar-refractivity contribution in [3.05, 3.63) is 93.8 Å². The third-order valence-electron chi connectivity index (χ3n) is 5.87. The summed E-state index contributed by atoms with van der Waals surface area (Å²) in [5.74, 6) is 0.967. The molecule has 0 unspecified atom stereocenters. The summed E-state index contributed by atoms with van der Waals surface area (Å²) < 4.78 is 3.58. The van der Waals surface area contributed by atoms with E-state index in [1.165, 1.54) is 5.56 Å². The maximum atomic E-state index is 12.7. The first-order chi connectivity index (χ1) is 15.9. The highest BCUT2D eigenvalue weighted by Gasteiger charge is 2.15. The minimum absolute atomic E-state index is 0.198. The van der Waals surface area contributed by atoms with Crippen molar-refractivity contribution >= 4 is 11.2 Å². The Morgan fingerprint density at radius 3 is 2.48 bits per heavy atom. The Labute approximate surface area is 191 Å². The number of aromatic nitrogens is 6. The number of benzene rings is 2. The number of nitrogens with zero attached hydrogens (tertiary/aromatic N) is 5. The molecule has 0 aliphatic carbocycles. The number of hydrogen-bond donors (Lipinski definition) is 1. The zero-order valence-electron chi connectivity index (χ0n) is 19.2. The third-order valence-corrected chi connectivity index (χ3v) is 5.87. The van der Waals surface area contributed by atoms with Crippen molar-refractivity contribution in [3.63, 3.8) is 0 Å². The second-order valence-corrected chi connectivity index (χ2v) is 8.69. The number of H-pyrrole nitrogens is 1. The van der Waals surface area contributed by atoms with E-state index in [0.717, 1.165) is 28.2 Å². The van der Waals surface area contributed by atoms with E-state index in [2.05, 4.69) is 35.0 Å². The van der Waals surface area contributed by atoms with Crippen molar-refractivity contribution < 1.29 is 0 Å². The van der Waals surface area contributed by atoms with E-state index >= 15 is 0 Å². The molecule has 1 N–H and O–H groups in total. The normalized spacial score (nSPS) is 11.5. The molecular formula is C26H26N6O. The zero-order valence-corrected chi connectivity index (χ0v) is 19.2. The number of rotatable bonds is 5. The van der Waals surface area contributed by atoms with E-state index in [1.54, 1.807) is 10.8 Å². The third kappa shape index (κ3) is 3.86. The largest absolute Gasteiger partial charge is 0.328 e. The first-order valence-electron chi connectivity index (χ1n) is 11.1. The van der Waals surface area contributed by atoms with E-state index < -0.39 is 0 Å². The van der Waals surface area contributed by atoms with Crippen LogP contribution >= 0.6 is 0 Å². The number of hydrogen-bond acceptors (Lipinski definition) is 4. The Bertz CT molecular complexity index is 1500. The summed E-state index contributed by atoms with van der Waals surface area (Å²) in [7, 11) is 0. The zero-order chi connectivity index (χ0) is 23.1. The average Bonchev–Trinajstić information content (AvgIpc) is 3.31. The number of aromatic amines is 1. The summed E-state index contributed by atoms with van der Waals surface area (Å²) in [5, 5.41) is 4.54. The van der Waals surface area contributed by atoms with E-state index in [0.29, 0.717) is 29.5 Å². The molecule has 33 heavy (non-hydrogen) atoms. The molecule has 0 aliphatic heterocycles. The molecule has 0 bridgehead atoms. The van der Waals surface area contributed by atoms with Crippen molar-refractivity contribution in [1.29, 1.82) is 0 Å². The van der Waals surface area contributed by atoms with E-state index in [4.69, 9.17) is 4.98 Å². The van der Waals surface area contributed by atoms with Crippen molar-refractivity contribution in [2.45, 2.75) is 40.2 Å². The molecule has 7 nitrogen and oxygen atoms in total. The van der Waals surface area contributed by atoms with Gasteiger partial charge in [-0.25, -0.2) is 19.4 Å². The van der Waals surface area contributed by atoms with Crippen LogP contribution in [0.4, 0.5) is 0 Å². The summed E-state index contributed by atoms with van der Waals surface area (Å²) in [6.45, 7) is 8.74. The summed E-state index contributed by atoms with van der Waals surface area (Å²) in [6, 6.07) is 18.3. The van der Waals surface area contributed by atoms with Crippen LogP contribution in [0.2, 0.25) is 0 Å². The van der Waals surface area contributed by atoms with Crippen LogP contribution in [0.25, 0.3) is 28.2 Å². The lowest BCUT2D eigenvalue weighted by molar-refractivity contribution is 0.775. The number of imidazole rings is 1. The fraction of sp³-hybridized carbons (Fsp3) is 0.231. The molecule has 2 aromatic carbocycles. The molecule has 0 aliphatic rings. The van der Waals surface area contributed by atoms with Crippen LogP contribution in [-0.2, 0) is 6.54 Å². The molecule has 0 radical (unpaired) electrons. The van der Waals surface area contributed by atoms with Gasteiger partial charge in [0, 0.05) is 11.3 Å². The van der Waals surface area contributed by atoms with Crippen LogP contribution in [0.15, 0.2) is 65.6 Å². The van der Waals surface area contributed by atoms with Crippen LogP contribution in [0.5, 0.6) is 0 Å².